The van der Waals surface area contributed by atoms with Gasteiger partial charge in [-0.2, -0.15) is 11.3 Å². The Balaban J connectivity index is 0.000000127. The molecule has 62 valence electrons. The SMILES string of the molecule is O=c1nccc[nH]1.c1ccsc1. The fourth-order valence-electron chi connectivity index (χ4n) is 0.537. The van der Waals surface area contributed by atoms with Crippen LogP contribution in [0.1, 0.15) is 0 Å². The highest BCUT2D eigenvalue weighted by molar-refractivity contribution is 7.07. The van der Waals surface area contributed by atoms with Gasteiger partial charge >= 0.3 is 5.69 Å². The first-order valence-electron chi connectivity index (χ1n) is 3.36. The number of hydrogen-bond acceptors (Lipinski definition) is 3. The standard InChI is InChI=1S/C4H4N2O.C4H4S/c7-4-5-2-1-3-6-4;1-2-4-5-3-1/h1-3H,(H,5,6,7);1-4H. The maximum atomic E-state index is 10.1. The second-order valence-corrected chi connectivity index (χ2v) is 2.70. The summed E-state index contributed by atoms with van der Waals surface area (Å²) in [4.78, 5) is 15.8. The molecule has 0 aromatic carbocycles. The number of nitrogens with one attached hydrogen (secondary N) is 1. The summed E-state index contributed by atoms with van der Waals surface area (Å²) in [6, 6.07) is 5.69. The Morgan fingerprint density at radius 2 is 2.00 bits per heavy atom. The molecule has 2 aromatic heterocycles. The van der Waals surface area contributed by atoms with Gasteiger partial charge in [-0.25, -0.2) is 9.78 Å². The average Bonchev–Trinajstić information content (AvgIpc) is 2.62. The highest BCUT2D eigenvalue weighted by Gasteiger charge is 1.70. The van der Waals surface area contributed by atoms with Crippen molar-refractivity contribution in [2.45, 2.75) is 0 Å². The summed E-state index contributed by atoms with van der Waals surface area (Å²) >= 11 is 1.71. The summed E-state index contributed by atoms with van der Waals surface area (Å²) in [6.07, 6.45) is 2.98. The number of thiophene rings is 1. The van der Waals surface area contributed by atoms with E-state index in [2.05, 4.69) is 9.97 Å². The molecule has 0 bridgehead atoms. The Bertz CT molecular complexity index is 307. The minimum Gasteiger partial charge on any atom is -0.313 e. The van der Waals surface area contributed by atoms with Crippen molar-refractivity contribution in [3.8, 4) is 0 Å². The molecular weight excluding hydrogens is 172 g/mol. The number of nitrogens with zero attached hydrogens (tertiary/aromatic N) is 1. The molecule has 2 heterocycles. The van der Waals surface area contributed by atoms with Crippen LogP contribution in [0.4, 0.5) is 0 Å². The Hall–Kier alpha value is -1.42. The van der Waals surface area contributed by atoms with Gasteiger partial charge in [0.1, 0.15) is 0 Å². The first-order chi connectivity index (χ1) is 5.89. The van der Waals surface area contributed by atoms with E-state index in [9.17, 15) is 4.79 Å². The average molecular weight is 180 g/mol. The Labute approximate surface area is 73.7 Å². The summed E-state index contributed by atoms with van der Waals surface area (Å²) in [5, 5.41) is 4.08. The van der Waals surface area contributed by atoms with Gasteiger partial charge in [-0.05, 0) is 16.8 Å². The van der Waals surface area contributed by atoms with Gasteiger partial charge in [-0.15, -0.1) is 0 Å². The molecule has 0 saturated carbocycles. The van der Waals surface area contributed by atoms with Gasteiger partial charge < -0.3 is 4.98 Å². The molecular formula is C8H8N2OS. The minimum absolute atomic E-state index is 0.303. The van der Waals surface area contributed by atoms with Gasteiger partial charge in [0.15, 0.2) is 0 Å². The van der Waals surface area contributed by atoms with Crippen LogP contribution in [-0.4, -0.2) is 9.97 Å². The highest BCUT2D eigenvalue weighted by atomic mass is 32.1. The molecule has 0 aliphatic rings. The quantitative estimate of drug-likeness (QED) is 0.668. The van der Waals surface area contributed by atoms with Crippen molar-refractivity contribution < 1.29 is 0 Å². The zero-order valence-corrected chi connectivity index (χ0v) is 7.12. The van der Waals surface area contributed by atoms with Crippen molar-refractivity contribution in [2.75, 3.05) is 0 Å². The van der Waals surface area contributed by atoms with Crippen molar-refractivity contribution in [1.82, 2.24) is 9.97 Å². The molecule has 0 radical (unpaired) electrons. The fourth-order valence-corrected chi connectivity index (χ4v) is 0.991. The summed E-state index contributed by atoms with van der Waals surface area (Å²) in [5.41, 5.74) is -0.303. The second-order valence-electron chi connectivity index (χ2n) is 1.88. The number of aromatic nitrogens is 2. The zero-order chi connectivity index (χ0) is 8.65. The number of hydrogen-bond donors (Lipinski definition) is 1. The second kappa shape index (κ2) is 5.26. The van der Waals surface area contributed by atoms with Crippen LogP contribution in [0.2, 0.25) is 0 Å². The Kier molecular flexibility index (Phi) is 3.80. The maximum absolute atomic E-state index is 10.1. The number of H-pyrrole nitrogens is 1. The first-order valence-corrected chi connectivity index (χ1v) is 4.31. The normalized spacial score (nSPS) is 8.33. The molecule has 0 atom stereocenters. The zero-order valence-electron chi connectivity index (χ0n) is 6.31. The molecule has 0 amide bonds. The molecule has 1 N–H and O–H groups in total. The third-order valence-electron chi connectivity index (χ3n) is 1.01. The van der Waals surface area contributed by atoms with Crippen LogP contribution in [0.25, 0.3) is 0 Å². The smallest absolute Gasteiger partial charge is 0.313 e. The summed E-state index contributed by atoms with van der Waals surface area (Å²) in [6.45, 7) is 0. The van der Waals surface area contributed by atoms with Gasteiger partial charge in [0, 0.05) is 12.4 Å². The molecule has 12 heavy (non-hydrogen) atoms. The lowest BCUT2D eigenvalue weighted by atomic mass is 10.7. The van der Waals surface area contributed by atoms with Crippen molar-refractivity contribution >= 4 is 11.3 Å². The highest BCUT2D eigenvalue weighted by Crippen LogP contribution is 1.91. The predicted molar refractivity (Wildman–Crippen MR) is 49.2 cm³/mol. The molecule has 0 spiro atoms. The van der Waals surface area contributed by atoms with E-state index >= 15 is 0 Å². The lowest BCUT2D eigenvalue weighted by Crippen LogP contribution is -2.05. The first kappa shape index (κ1) is 8.67. The molecule has 2 aromatic rings. The number of rotatable bonds is 0. The van der Waals surface area contributed by atoms with E-state index in [1.807, 2.05) is 22.9 Å². The van der Waals surface area contributed by atoms with Gasteiger partial charge in [-0.3, -0.25) is 0 Å². The van der Waals surface area contributed by atoms with E-state index in [0.29, 0.717) is 0 Å². The number of aromatic amines is 1. The van der Waals surface area contributed by atoms with Gasteiger partial charge in [0.2, 0.25) is 0 Å². The molecule has 0 fully saturated rings. The summed E-state index contributed by atoms with van der Waals surface area (Å²) < 4.78 is 0. The summed E-state index contributed by atoms with van der Waals surface area (Å²) in [5.74, 6) is 0. The molecule has 3 nitrogen and oxygen atoms in total. The van der Waals surface area contributed by atoms with Gasteiger partial charge in [0.05, 0.1) is 0 Å². The Morgan fingerprint density at radius 1 is 1.25 bits per heavy atom. The van der Waals surface area contributed by atoms with Crippen LogP contribution >= 0.6 is 11.3 Å². The van der Waals surface area contributed by atoms with E-state index in [-0.39, 0.29) is 5.69 Å². The van der Waals surface area contributed by atoms with Gasteiger partial charge in [0.25, 0.3) is 0 Å². The largest absolute Gasteiger partial charge is 0.344 e. The van der Waals surface area contributed by atoms with Crippen LogP contribution in [0.15, 0.2) is 46.1 Å². The molecule has 0 unspecified atom stereocenters. The van der Waals surface area contributed by atoms with Crippen molar-refractivity contribution in [3.05, 3.63) is 51.8 Å². The van der Waals surface area contributed by atoms with E-state index < -0.39 is 0 Å². The van der Waals surface area contributed by atoms with Crippen molar-refractivity contribution in [3.63, 3.8) is 0 Å². The molecule has 0 aliphatic carbocycles. The lowest BCUT2D eigenvalue weighted by molar-refractivity contribution is 1.08. The Morgan fingerprint density at radius 3 is 2.25 bits per heavy atom. The van der Waals surface area contributed by atoms with Crippen molar-refractivity contribution in [1.29, 1.82) is 0 Å². The predicted octanol–water partition coefficient (Wildman–Crippen LogP) is 1.52. The maximum Gasteiger partial charge on any atom is 0.344 e. The third kappa shape index (κ3) is 3.68. The minimum atomic E-state index is -0.303. The van der Waals surface area contributed by atoms with Crippen LogP contribution in [0.3, 0.4) is 0 Å². The summed E-state index contributed by atoms with van der Waals surface area (Å²) in [7, 11) is 0. The van der Waals surface area contributed by atoms with E-state index in [4.69, 9.17) is 0 Å². The van der Waals surface area contributed by atoms with Crippen LogP contribution in [0.5, 0.6) is 0 Å². The third-order valence-corrected chi connectivity index (χ3v) is 1.63. The topological polar surface area (TPSA) is 45.8 Å². The van der Waals surface area contributed by atoms with Crippen LogP contribution < -0.4 is 5.69 Å². The van der Waals surface area contributed by atoms with Gasteiger partial charge in [-0.1, -0.05) is 12.1 Å². The lowest BCUT2D eigenvalue weighted by Gasteiger charge is -1.72. The van der Waals surface area contributed by atoms with E-state index in [1.54, 1.807) is 17.4 Å². The molecule has 2 rings (SSSR count). The van der Waals surface area contributed by atoms with Crippen LogP contribution in [0, 0.1) is 0 Å². The van der Waals surface area contributed by atoms with E-state index in [0.717, 1.165) is 0 Å². The van der Waals surface area contributed by atoms with E-state index in [1.165, 1.54) is 12.4 Å². The molecule has 4 heteroatoms. The molecule has 0 aliphatic heterocycles. The van der Waals surface area contributed by atoms with Crippen molar-refractivity contribution in [2.24, 2.45) is 0 Å². The van der Waals surface area contributed by atoms with Crippen LogP contribution in [-0.2, 0) is 0 Å². The molecule has 0 saturated heterocycles. The fraction of sp³-hybridized carbons (Fsp3) is 0. The monoisotopic (exact) mass is 180 g/mol.